The lowest BCUT2D eigenvalue weighted by Gasteiger charge is -2.39. The van der Waals surface area contributed by atoms with Crippen LogP contribution < -0.4 is 0 Å². The van der Waals surface area contributed by atoms with Crippen molar-refractivity contribution in [3.63, 3.8) is 0 Å². The number of rotatable bonds is 2. The van der Waals surface area contributed by atoms with E-state index in [1.807, 2.05) is 0 Å². The summed E-state index contributed by atoms with van der Waals surface area (Å²) >= 11 is 0. The molecular formula is C7H13N3O4. The Hall–Kier alpha value is -0.850. The summed E-state index contributed by atoms with van der Waals surface area (Å²) in [5, 5.41) is 31.1. The molecule has 0 aromatic carbocycles. The first-order chi connectivity index (χ1) is 6.61. The second-order valence-corrected chi connectivity index (χ2v) is 3.24. The third kappa shape index (κ3) is 1.97. The fourth-order valence-electron chi connectivity index (χ4n) is 1.49. The molecule has 5 unspecified atom stereocenters. The van der Waals surface area contributed by atoms with Gasteiger partial charge in [-0.1, -0.05) is 5.11 Å². The first-order valence-electron chi connectivity index (χ1n) is 4.28. The fraction of sp³-hybridized carbons (Fsp3) is 1.00. The number of hydrogen-bond donors (Lipinski definition) is 3. The van der Waals surface area contributed by atoms with E-state index in [0.29, 0.717) is 0 Å². The van der Waals surface area contributed by atoms with E-state index in [4.69, 9.17) is 15.4 Å². The summed E-state index contributed by atoms with van der Waals surface area (Å²) in [4.78, 5) is 2.53. The molecule has 1 aliphatic heterocycles. The maximum atomic E-state index is 9.53. The van der Waals surface area contributed by atoms with Gasteiger partial charge in [0.15, 0.2) is 0 Å². The third-order valence-corrected chi connectivity index (χ3v) is 2.32. The minimum absolute atomic E-state index is 0.363. The molecule has 0 bridgehead atoms. The normalized spacial score (nSPS) is 43.0. The molecule has 0 aromatic heterocycles. The number of nitrogens with zero attached hydrogens (tertiary/aromatic N) is 3. The lowest BCUT2D eigenvalue weighted by Crippen LogP contribution is -2.56. The molecule has 5 atom stereocenters. The van der Waals surface area contributed by atoms with Crippen molar-refractivity contribution in [2.75, 3.05) is 6.61 Å². The molecule has 14 heavy (non-hydrogen) atoms. The first-order valence-corrected chi connectivity index (χ1v) is 4.28. The third-order valence-electron chi connectivity index (χ3n) is 2.32. The van der Waals surface area contributed by atoms with E-state index in [9.17, 15) is 10.2 Å². The molecule has 0 spiro atoms. The van der Waals surface area contributed by atoms with Crippen LogP contribution in [0.15, 0.2) is 5.11 Å². The van der Waals surface area contributed by atoms with Crippen molar-refractivity contribution in [2.24, 2.45) is 5.11 Å². The van der Waals surface area contributed by atoms with Crippen LogP contribution in [0.25, 0.3) is 10.4 Å². The van der Waals surface area contributed by atoms with Crippen molar-refractivity contribution in [1.82, 2.24) is 0 Å². The summed E-state index contributed by atoms with van der Waals surface area (Å²) < 4.78 is 5.16. The fourth-order valence-corrected chi connectivity index (χ4v) is 1.49. The Morgan fingerprint density at radius 1 is 1.43 bits per heavy atom. The minimum atomic E-state index is -1.20. The van der Waals surface area contributed by atoms with Crippen molar-refractivity contribution in [1.29, 1.82) is 0 Å². The molecule has 0 amide bonds. The van der Waals surface area contributed by atoms with Crippen molar-refractivity contribution < 1.29 is 20.1 Å². The zero-order valence-corrected chi connectivity index (χ0v) is 7.69. The quantitative estimate of drug-likeness (QED) is 0.308. The Morgan fingerprint density at radius 3 is 2.57 bits per heavy atom. The highest BCUT2D eigenvalue weighted by molar-refractivity contribution is 4.95. The van der Waals surface area contributed by atoms with Gasteiger partial charge in [0, 0.05) is 4.91 Å². The molecule has 3 N–H and O–H groups in total. The van der Waals surface area contributed by atoms with Crippen LogP contribution >= 0.6 is 0 Å². The van der Waals surface area contributed by atoms with Gasteiger partial charge < -0.3 is 20.1 Å². The molecule has 1 heterocycles. The lowest BCUT2D eigenvalue weighted by molar-refractivity contribution is -0.180. The molecule has 7 nitrogen and oxygen atoms in total. The standard InChI is InChI=1S/C7H13N3O4/c1-3-6(12)7(13)5(9-10-8)4(2-11)14-3/h3-7,11-13H,2H2,1H3. The average Bonchev–Trinajstić information content (AvgIpc) is 2.19. The summed E-state index contributed by atoms with van der Waals surface area (Å²) in [7, 11) is 0. The molecule has 7 heteroatoms. The monoisotopic (exact) mass is 203 g/mol. The molecule has 1 aliphatic rings. The molecule has 0 saturated carbocycles. The van der Waals surface area contributed by atoms with Gasteiger partial charge in [-0.25, -0.2) is 0 Å². The van der Waals surface area contributed by atoms with Gasteiger partial charge in [-0.05, 0) is 12.5 Å². The predicted octanol–water partition coefficient (Wildman–Crippen LogP) is -0.833. The highest BCUT2D eigenvalue weighted by atomic mass is 16.5. The highest BCUT2D eigenvalue weighted by Gasteiger charge is 2.41. The van der Waals surface area contributed by atoms with Gasteiger partial charge in [0.25, 0.3) is 0 Å². The van der Waals surface area contributed by atoms with E-state index < -0.39 is 30.5 Å². The van der Waals surface area contributed by atoms with E-state index in [1.165, 1.54) is 0 Å². The average molecular weight is 203 g/mol. The smallest absolute Gasteiger partial charge is 0.106 e. The van der Waals surface area contributed by atoms with Crippen LogP contribution in [0.1, 0.15) is 6.92 Å². The Kier molecular flexibility index (Phi) is 3.68. The molecule has 1 fully saturated rings. The summed E-state index contributed by atoms with van der Waals surface area (Å²) in [6, 6.07) is -0.948. The highest BCUT2D eigenvalue weighted by Crippen LogP contribution is 2.23. The summed E-state index contributed by atoms with van der Waals surface area (Å²) in [5.41, 5.74) is 8.23. The first kappa shape index (κ1) is 11.2. The second kappa shape index (κ2) is 4.59. The van der Waals surface area contributed by atoms with Crippen LogP contribution in [0.2, 0.25) is 0 Å². The zero-order chi connectivity index (χ0) is 10.7. The van der Waals surface area contributed by atoms with Crippen LogP contribution in [0.5, 0.6) is 0 Å². The molecule has 0 aliphatic carbocycles. The van der Waals surface area contributed by atoms with Gasteiger partial charge in [-0.2, -0.15) is 0 Å². The van der Waals surface area contributed by atoms with E-state index >= 15 is 0 Å². The largest absolute Gasteiger partial charge is 0.394 e. The van der Waals surface area contributed by atoms with Crippen LogP contribution in [-0.4, -0.2) is 52.4 Å². The number of azide groups is 1. The van der Waals surface area contributed by atoms with Gasteiger partial charge in [-0.15, -0.1) is 0 Å². The van der Waals surface area contributed by atoms with Crippen molar-refractivity contribution in [2.45, 2.75) is 37.4 Å². The van der Waals surface area contributed by atoms with Gasteiger partial charge in [0.1, 0.15) is 6.10 Å². The maximum Gasteiger partial charge on any atom is 0.106 e. The molecule has 1 saturated heterocycles. The van der Waals surface area contributed by atoms with E-state index in [-0.39, 0.29) is 6.61 Å². The van der Waals surface area contributed by atoms with Gasteiger partial charge >= 0.3 is 0 Å². The number of ether oxygens (including phenoxy) is 1. The van der Waals surface area contributed by atoms with Gasteiger partial charge in [-0.3, -0.25) is 0 Å². The SMILES string of the molecule is CC1OC(CO)C(N=[N+]=[N-])C(O)C1O. The van der Waals surface area contributed by atoms with E-state index in [1.54, 1.807) is 6.92 Å². The molecule has 0 radical (unpaired) electrons. The Morgan fingerprint density at radius 2 is 2.07 bits per heavy atom. The summed E-state index contributed by atoms with van der Waals surface area (Å²) in [5.74, 6) is 0. The van der Waals surface area contributed by atoms with E-state index in [0.717, 1.165) is 0 Å². The topological polar surface area (TPSA) is 119 Å². The lowest BCUT2D eigenvalue weighted by atomic mass is 9.94. The van der Waals surface area contributed by atoms with Crippen molar-refractivity contribution >= 4 is 0 Å². The number of hydrogen-bond acceptors (Lipinski definition) is 5. The Bertz CT molecular complexity index is 241. The predicted molar refractivity (Wildman–Crippen MR) is 46.4 cm³/mol. The zero-order valence-electron chi connectivity index (χ0n) is 7.69. The molecule has 0 aromatic rings. The molecular weight excluding hydrogens is 190 g/mol. The van der Waals surface area contributed by atoms with Crippen LogP contribution in [0, 0.1) is 0 Å². The molecule has 1 rings (SSSR count). The minimum Gasteiger partial charge on any atom is -0.394 e. The van der Waals surface area contributed by atoms with E-state index in [2.05, 4.69) is 10.0 Å². The van der Waals surface area contributed by atoms with Crippen LogP contribution in [0.4, 0.5) is 0 Å². The van der Waals surface area contributed by atoms with Crippen molar-refractivity contribution in [3.05, 3.63) is 10.4 Å². The maximum absolute atomic E-state index is 9.53. The van der Waals surface area contributed by atoms with Crippen molar-refractivity contribution in [3.8, 4) is 0 Å². The van der Waals surface area contributed by atoms with Gasteiger partial charge in [0.05, 0.1) is 31.0 Å². The number of aliphatic hydroxyl groups excluding tert-OH is 3. The van der Waals surface area contributed by atoms with Crippen LogP contribution in [0.3, 0.4) is 0 Å². The second-order valence-electron chi connectivity index (χ2n) is 3.24. The number of aliphatic hydroxyl groups is 3. The Balaban J connectivity index is 2.82. The summed E-state index contributed by atoms with van der Waals surface area (Å²) in [6.45, 7) is 1.21. The van der Waals surface area contributed by atoms with Gasteiger partial charge in [0.2, 0.25) is 0 Å². The Labute approximate surface area is 80.6 Å². The summed E-state index contributed by atoms with van der Waals surface area (Å²) in [6.07, 6.45) is -3.66. The molecule has 80 valence electrons. The van der Waals surface area contributed by atoms with Crippen LogP contribution in [-0.2, 0) is 4.74 Å².